The third-order valence-corrected chi connectivity index (χ3v) is 2.71. The van der Waals surface area contributed by atoms with Gasteiger partial charge in [-0.2, -0.15) is 5.10 Å². The van der Waals surface area contributed by atoms with Crippen LogP contribution in [-0.2, 0) is 13.0 Å². The minimum absolute atomic E-state index is 0.798. The van der Waals surface area contributed by atoms with Gasteiger partial charge in [0, 0.05) is 6.54 Å². The van der Waals surface area contributed by atoms with Crippen LogP contribution in [0.3, 0.4) is 0 Å². The van der Waals surface area contributed by atoms with Crippen molar-refractivity contribution < 1.29 is 0 Å². The lowest BCUT2D eigenvalue weighted by atomic mass is 10.2. The van der Waals surface area contributed by atoms with Gasteiger partial charge in [-0.3, -0.25) is 4.68 Å². The molecule has 0 atom stereocenters. The number of nitrogens with zero attached hydrogens (tertiary/aromatic N) is 2. The van der Waals surface area contributed by atoms with Crippen molar-refractivity contribution >= 4 is 11.6 Å². The Hall–Kier alpha value is -0.540. The third-order valence-electron chi connectivity index (χ3n) is 2.39. The van der Waals surface area contributed by atoms with Gasteiger partial charge in [0.2, 0.25) is 0 Å². The quantitative estimate of drug-likeness (QED) is 0.729. The van der Waals surface area contributed by atoms with Crippen LogP contribution < -0.4 is 5.32 Å². The molecule has 0 aliphatic rings. The van der Waals surface area contributed by atoms with Gasteiger partial charge in [0.1, 0.15) is 0 Å². The standard InChI is InChI=1S/C11H20ClN3/c1-3-7-13-8-5-6-11-10(12)9-14-15(11)4-2/h9,13H,3-8H2,1-2H3. The van der Waals surface area contributed by atoms with E-state index in [-0.39, 0.29) is 0 Å². The van der Waals surface area contributed by atoms with Crippen molar-refractivity contribution in [1.29, 1.82) is 0 Å². The van der Waals surface area contributed by atoms with Crippen LogP contribution in [0.15, 0.2) is 6.20 Å². The molecule has 0 saturated carbocycles. The minimum atomic E-state index is 0.798. The fraction of sp³-hybridized carbons (Fsp3) is 0.727. The van der Waals surface area contributed by atoms with E-state index in [9.17, 15) is 0 Å². The normalized spacial score (nSPS) is 10.9. The molecule has 0 bridgehead atoms. The molecule has 0 fully saturated rings. The van der Waals surface area contributed by atoms with Crippen molar-refractivity contribution in [2.45, 2.75) is 39.7 Å². The summed E-state index contributed by atoms with van der Waals surface area (Å²) in [6.07, 6.45) is 5.04. The lowest BCUT2D eigenvalue weighted by molar-refractivity contribution is 0.588. The first kappa shape index (κ1) is 12.5. The Kier molecular flexibility index (Phi) is 5.73. The smallest absolute Gasteiger partial charge is 0.0817 e. The molecule has 0 aromatic carbocycles. The van der Waals surface area contributed by atoms with Gasteiger partial charge in [0.05, 0.1) is 16.9 Å². The highest BCUT2D eigenvalue weighted by molar-refractivity contribution is 6.31. The van der Waals surface area contributed by atoms with E-state index in [1.54, 1.807) is 6.20 Å². The second-order valence-corrected chi connectivity index (χ2v) is 4.02. The summed E-state index contributed by atoms with van der Waals surface area (Å²) in [6.45, 7) is 7.31. The van der Waals surface area contributed by atoms with E-state index in [2.05, 4.69) is 24.3 Å². The fourth-order valence-electron chi connectivity index (χ4n) is 1.59. The molecule has 0 amide bonds. The van der Waals surface area contributed by atoms with Gasteiger partial charge in [-0.05, 0) is 39.3 Å². The van der Waals surface area contributed by atoms with E-state index < -0.39 is 0 Å². The largest absolute Gasteiger partial charge is 0.317 e. The van der Waals surface area contributed by atoms with Crippen LogP contribution in [0.5, 0.6) is 0 Å². The maximum atomic E-state index is 6.06. The molecule has 1 heterocycles. The minimum Gasteiger partial charge on any atom is -0.317 e. The molecule has 0 radical (unpaired) electrons. The zero-order valence-corrected chi connectivity index (χ0v) is 10.3. The van der Waals surface area contributed by atoms with Crippen LogP contribution in [0.4, 0.5) is 0 Å². The van der Waals surface area contributed by atoms with Gasteiger partial charge in [-0.25, -0.2) is 0 Å². The van der Waals surface area contributed by atoms with Crippen molar-refractivity contribution in [3.8, 4) is 0 Å². The molecule has 1 N–H and O–H groups in total. The Morgan fingerprint density at radius 2 is 2.20 bits per heavy atom. The van der Waals surface area contributed by atoms with Gasteiger partial charge in [0.15, 0.2) is 0 Å². The van der Waals surface area contributed by atoms with Gasteiger partial charge in [0.25, 0.3) is 0 Å². The number of hydrogen-bond donors (Lipinski definition) is 1. The van der Waals surface area contributed by atoms with E-state index in [4.69, 9.17) is 11.6 Å². The number of nitrogens with one attached hydrogen (secondary N) is 1. The average Bonchev–Trinajstić information content (AvgIpc) is 2.60. The average molecular weight is 230 g/mol. The predicted molar refractivity (Wildman–Crippen MR) is 64.4 cm³/mol. The molecule has 0 unspecified atom stereocenters. The lowest BCUT2D eigenvalue weighted by Crippen LogP contribution is -2.17. The van der Waals surface area contributed by atoms with Crippen LogP contribution in [0.25, 0.3) is 0 Å². The summed E-state index contributed by atoms with van der Waals surface area (Å²) in [7, 11) is 0. The molecule has 15 heavy (non-hydrogen) atoms. The molecule has 1 aromatic heterocycles. The summed E-state index contributed by atoms with van der Waals surface area (Å²) in [5, 5.41) is 8.39. The molecule has 0 saturated heterocycles. The Bertz CT molecular complexity index is 283. The van der Waals surface area contributed by atoms with Crippen LogP contribution >= 0.6 is 11.6 Å². The summed E-state index contributed by atoms with van der Waals surface area (Å²) in [5.41, 5.74) is 1.16. The molecule has 4 heteroatoms. The van der Waals surface area contributed by atoms with Crippen LogP contribution in [0, 0.1) is 0 Å². The highest BCUT2D eigenvalue weighted by Crippen LogP contribution is 2.16. The first-order valence-corrected chi connectivity index (χ1v) is 6.08. The van der Waals surface area contributed by atoms with E-state index in [1.807, 2.05) is 4.68 Å². The number of rotatable bonds is 7. The van der Waals surface area contributed by atoms with E-state index >= 15 is 0 Å². The maximum absolute atomic E-state index is 6.06. The Morgan fingerprint density at radius 3 is 2.87 bits per heavy atom. The Balaban J connectivity index is 2.33. The van der Waals surface area contributed by atoms with Gasteiger partial charge in [-0.1, -0.05) is 18.5 Å². The zero-order chi connectivity index (χ0) is 11.1. The second-order valence-electron chi connectivity index (χ2n) is 3.61. The first-order chi connectivity index (χ1) is 7.29. The number of aromatic nitrogens is 2. The third kappa shape index (κ3) is 3.84. The molecule has 0 aliphatic carbocycles. The molecule has 1 aromatic rings. The number of halogens is 1. The fourth-order valence-corrected chi connectivity index (χ4v) is 1.83. The molecule has 0 aliphatic heterocycles. The van der Waals surface area contributed by atoms with E-state index in [0.29, 0.717) is 0 Å². The first-order valence-electron chi connectivity index (χ1n) is 5.70. The molecule has 3 nitrogen and oxygen atoms in total. The van der Waals surface area contributed by atoms with Gasteiger partial charge >= 0.3 is 0 Å². The highest BCUT2D eigenvalue weighted by Gasteiger charge is 2.06. The van der Waals surface area contributed by atoms with Crippen molar-refractivity contribution in [2.24, 2.45) is 0 Å². The van der Waals surface area contributed by atoms with Crippen LogP contribution in [0.1, 0.15) is 32.4 Å². The molecule has 86 valence electrons. The van der Waals surface area contributed by atoms with Crippen molar-refractivity contribution in [3.05, 3.63) is 16.9 Å². The van der Waals surface area contributed by atoms with Gasteiger partial charge < -0.3 is 5.32 Å². The molecule has 0 spiro atoms. The van der Waals surface area contributed by atoms with Crippen molar-refractivity contribution in [1.82, 2.24) is 15.1 Å². The van der Waals surface area contributed by atoms with Gasteiger partial charge in [-0.15, -0.1) is 0 Å². The number of hydrogen-bond acceptors (Lipinski definition) is 2. The molecular weight excluding hydrogens is 210 g/mol. The molecular formula is C11H20ClN3. The summed E-state index contributed by atoms with van der Waals surface area (Å²) in [5.74, 6) is 0. The highest BCUT2D eigenvalue weighted by atomic mass is 35.5. The Labute approximate surface area is 96.8 Å². The van der Waals surface area contributed by atoms with E-state index in [1.165, 1.54) is 6.42 Å². The van der Waals surface area contributed by atoms with Crippen LogP contribution in [0.2, 0.25) is 5.02 Å². The predicted octanol–water partition coefficient (Wildman–Crippen LogP) is 2.49. The zero-order valence-electron chi connectivity index (χ0n) is 9.59. The van der Waals surface area contributed by atoms with Crippen LogP contribution in [-0.4, -0.2) is 22.9 Å². The summed E-state index contributed by atoms with van der Waals surface area (Å²) < 4.78 is 1.97. The van der Waals surface area contributed by atoms with E-state index in [0.717, 1.165) is 43.2 Å². The maximum Gasteiger partial charge on any atom is 0.0817 e. The van der Waals surface area contributed by atoms with Crippen molar-refractivity contribution in [3.63, 3.8) is 0 Å². The summed E-state index contributed by atoms with van der Waals surface area (Å²) in [6, 6.07) is 0. The molecule has 1 rings (SSSR count). The SMILES string of the molecule is CCCNCCCc1c(Cl)cnn1CC. The van der Waals surface area contributed by atoms with Crippen molar-refractivity contribution in [2.75, 3.05) is 13.1 Å². The Morgan fingerprint density at radius 1 is 1.40 bits per heavy atom. The summed E-state index contributed by atoms with van der Waals surface area (Å²) in [4.78, 5) is 0. The second kappa shape index (κ2) is 6.85. The summed E-state index contributed by atoms with van der Waals surface area (Å²) >= 11 is 6.06. The lowest BCUT2D eigenvalue weighted by Gasteiger charge is -2.06. The number of aryl methyl sites for hydroxylation is 1. The monoisotopic (exact) mass is 229 g/mol. The topological polar surface area (TPSA) is 29.9 Å².